The van der Waals surface area contributed by atoms with Gasteiger partial charge in [-0.1, -0.05) is 34.1 Å². The zero-order chi connectivity index (χ0) is 12.4. The van der Waals surface area contributed by atoms with Gasteiger partial charge in [-0.15, -0.1) is 11.3 Å². The van der Waals surface area contributed by atoms with Crippen molar-refractivity contribution in [2.24, 2.45) is 0 Å². The van der Waals surface area contributed by atoms with Gasteiger partial charge in [-0.3, -0.25) is 4.79 Å². The number of rotatable bonds is 3. The SMILES string of the molecule is Cc1cc(C(=O)Cc2ccccc2Br)sc1C. The van der Waals surface area contributed by atoms with Crippen LogP contribution in [0.3, 0.4) is 0 Å². The molecule has 0 unspecified atom stereocenters. The predicted octanol–water partition coefficient (Wildman–Crippen LogP) is 4.55. The van der Waals surface area contributed by atoms with Crippen molar-refractivity contribution in [1.82, 2.24) is 0 Å². The Morgan fingerprint density at radius 3 is 2.59 bits per heavy atom. The number of carbonyl (C=O) groups is 1. The molecular formula is C14H13BrOS. The van der Waals surface area contributed by atoms with E-state index in [1.54, 1.807) is 11.3 Å². The van der Waals surface area contributed by atoms with Crippen LogP contribution < -0.4 is 0 Å². The van der Waals surface area contributed by atoms with Gasteiger partial charge in [0, 0.05) is 15.8 Å². The lowest BCUT2D eigenvalue weighted by atomic mass is 10.1. The summed E-state index contributed by atoms with van der Waals surface area (Å²) in [5, 5.41) is 0. The standard InChI is InChI=1S/C14H13BrOS/c1-9-7-14(17-10(9)2)13(16)8-11-5-3-4-6-12(11)15/h3-7H,8H2,1-2H3. The van der Waals surface area contributed by atoms with Crippen LogP contribution in [0.1, 0.15) is 25.7 Å². The lowest BCUT2D eigenvalue weighted by Gasteiger charge is -2.01. The number of ketones is 1. The summed E-state index contributed by atoms with van der Waals surface area (Å²) in [5.41, 5.74) is 2.24. The Morgan fingerprint density at radius 2 is 2.00 bits per heavy atom. The second-order valence-corrected chi connectivity index (χ2v) is 6.15. The van der Waals surface area contributed by atoms with E-state index in [2.05, 4.69) is 22.9 Å². The van der Waals surface area contributed by atoms with Crippen LogP contribution >= 0.6 is 27.3 Å². The Hall–Kier alpha value is -0.930. The number of halogens is 1. The summed E-state index contributed by atoms with van der Waals surface area (Å²) >= 11 is 5.05. The van der Waals surface area contributed by atoms with E-state index < -0.39 is 0 Å². The molecule has 0 spiro atoms. The van der Waals surface area contributed by atoms with E-state index >= 15 is 0 Å². The second-order valence-electron chi connectivity index (χ2n) is 4.04. The van der Waals surface area contributed by atoms with Crippen LogP contribution in [0.25, 0.3) is 0 Å². The molecule has 0 atom stereocenters. The molecule has 0 amide bonds. The van der Waals surface area contributed by atoms with Crippen LogP contribution in [0.2, 0.25) is 0 Å². The highest BCUT2D eigenvalue weighted by atomic mass is 79.9. The summed E-state index contributed by atoms with van der Waals surface area (Å²) < 4.78 is 0.998. The summed E-state index contributed by atoms with van der Waals surface area (Å²) in [4.78, 5) is 14.2. The van der Waals surface area contributed by atoms with Gasteiger partial charge in [0.2, 0.25) is 0 Å². The zero-order valence-electron chi connectivity index (χ0n) is 9.79. The van der Waals surface area contributed by atoms with Crippen molar-refractivity contribution in [2.75, 3.05) is 0 Å². The van der Waals surface area contributed by atoms with Gasteiger partial charge in [-0.05, 0) is 37.1 Å². The number of Topliss-reactive ketones (excluding diaryl/α,β-unsaturated/α-hetero) is 1. The highest BCUT2D eigenvalue weighted by molar-refractivity contribution is 9.10. The molecule has 0 N–H and O–H groups in total. The van der Waals surface area contributed by atoms with Crippen molar-refractivity contribution < 1.29 is 4.79 Å². The van der Waals surface area contributed by atoms with Gasteiger partial charge in [0.1, 0.15) is 0 Å². The van der Waals surface area contributed by atoms with Crippen molar-refractivity contribution in [1.29, 1.82) is 0 Å². The Labute approximate surface area is 114 Å². The van der Waals surface area contributed by atoms with Crippen LogP contribution in [0, 0.1) is 13.8 Å². The molecule has 1 nitrogen and oxygen atoms in total. The molecule has 0 aliphatic heterocycles. The highest BCUT2D eigenvalue weighted by Crippen LogP contribution is 2.24. The molecular weight excluding hydrogens is 296 g/mol. The zero-order valence-corrected chi connectivity index (χ0v) is 12.2. The minimum absolute atomic E-state index is 0.193. The van der Waals surface area contributed by atoms with Crippen LogP contribution in [-0.2, 0) is 6.42 Å². The van der Waals surface area contributed by atoms with Gasteiger partial charge < -0.3 is 0 Å². The number of hydrogen-bond acceptors (Lipinski definition) is 2. The Morgan fingerprint density at radius 1 is 1.29 bits per heavy atom. The third-order valence-electron chi connectivity index (χ3n) is 2.75. The molecule has 0 aliphatic rings. The molecule has 1 aromatic heterocycles. The van der Waals surface area contributed by atoms with E-state index in [0.29, 0.717) is 6.42 Å². The molecule has 0 saturated carbocycles. The Bertz CT molecular complexity index is 538. The van der Waals surface area contributed by atoms with E-state index in [1.807, 2.05) is 37.3 Å². The predicted molar refractivity (Wildman–Crippen MR) is 76.0 cm³/mol. The maximum atomic E-state index is 12.1. The first-order chi connectivity index (χ1) is 8.08. The molecule has 0 bridgehead atoms. The van der Waals surface area contributed by atoms with Crippen LogP contribution in [0.15, 0.2) is 34.8 Å². The van der Waals surface area contributed by atoms with Crippen molar-refractivity contribution in [2.45, 2.75) is 20.3 Å². The van der Waals surface area contributed by atoms with E-state index in [4.69, 9.17) is 0 Å². The van der Waals surface area contributed by atoms with Crippen molar-refractivity contribution in [3.8, 4) is 0 Å². The number of benzene rings is 1. The summed E-state index contributed by atoms with van der Waals surface area (Å²) in [5.74, 6) is 0.193. The van der Waals surface area contributed by atoms with Gasteiger partial charge >= 0.3 is 0 Å². The number of aryl methyl sites for hydroxylation is 2. The van der Waals surface area contributed by atoms with Crippen LogP contribution in [0.4, 0.5) is 0 Å². The van der Waals surface area contributed by atoms with Gasteiger partial charge in [-0.25, -0.2) is 0 Å². The Balaban J connectivity index is 2.20. The summed E-state index contributed by atoms with van der Waals surface area (Å²) in [6, 6.07) is 9.85. The van der Waals surface area contributed by atoms with E-state index in [-0.39, 0.29) is 5.78 Å². The summed E-state index contributed by atoms with van der Waals surface area (Å²) in [6.45, 7) is 4.09. The van der Waals surface area contributed by atoms with Crippen molar-refractivity contribution in [3.05, 3.63) is 55.7 Å². The lowest BCUT2D eigenvalue weighted by molar-refractivity contribution is 0.0996. The van der Waals surface area contributed by atoms with E-state index in [0.717, 1.165) is 14.9 Å². The number of hydrogen-bond donors (Lipinski definition) is 0. The Kier molecular flexibility index (Phi) is 3.79. The van der Waals surface area contributed by atoms with Gasteiger partial charge in [-0.2, -0.15) is 0 Å². The highest BCUT2D eigenvalue weighted by Gasteiger charge is 2.12. The summed E-state index contributed by atoms with van der Waals surface area (Å²) in [7, 11) is 0. The molecule has 2 aromatic rings. The first kappa shape index (κ1) is 12.5. The lowest BCUT2D eigenvalue weighted by Crippen LogP contribution is -2.01. The minimum Gasteiger partial charge on any atom is -0.293 e. The molecule has 0 saturated heterocycles. The summed E-state index contributed by atoms with van der Waals surface area (Å²) in [6.07, 6.45) is 0.459. The second kappa shape index (κ2) is 5.15. The smallest absolute Gasteiger partial charge is 0.177 e. The topological polar surface area (TPSA) is 17.1 Å². The molecule has 17 heavy (non-hydrogen) atoms. The van der Waals surface area contributed by atoms with E-state index in [9.17, 15) is 4.79 Å². The molecule has 0 aliphatic carbocycles. The third kappa shape index (κ3) is 2.85. The average molecular weight is 309 g/mol. The number of thiophene rings is 1. The molecule has 1 aromatic carbocycles. The van der Waals surface area contributed by atoms with Gasteiger partial charge in [0.15, 0.2) is 5.78 Å². The molecule has 0 fully saturated rings. The first-order valence-electron chi connectivity index (χ1n) is 5.41. The van der Waals surface area contributed by atoms with Gasteiger partial charge in [0.25, 0.3) is 0 Å². The number of carbonyl (C=O) groups excluding carboxylic acids is 1. The van der Waals surface area contributed by atoms with Crippen LogP contribution in [-0.4, -0.2) is 5.78 Å². The minimum atomic E-state index is 0.193. The molecule has 0 radical (unpaired) electrons. The third-order valence-corrected chi connectivity index (χ3v) is 4.72. The maximum Gasteiger partial charge on any atom is 0.177 e. The van der Waals surface area contributed by atoms with Gasteiger partial charge in [0.05, 0.1) is 4.88 Å². The molecule has 88 valence electrons. The average Bonchev–Trinajstić information content (AvgIpc) is 2.63. The quantitative estimate of drug-likeness (QED) is 0.760. The largest absolute Gasteiger partial charge is 0.293 e. The maximum absolute atomic E-state index is 12.1. The van der Waals surface area contributed by atoms with Crippen LogP contribution in [0.5, 0.6) is 0 Å². The monoisotopic (exact) mass is 308 g/mol. The molecule has 3 heteroatoms. The first-order valence-corrected chi connectivity index (χ1v) is 7.02. The van der Waals surface area contributed by atoms with Crippen molar-refractivity contribution in [3.63, 3.8) is 0 Å². The normalized spacial score (nSPS) is 10.5. The molecule has 2 rings (SSSR count). The fraction of sp³-hybridized carbons (Fsp3) is 0.214. The molecule has 1 heterocycles. The van der Waals surface area contributed by atoms with Crippen molar-refractivity contribution >= 4 is 33.0 Å². The van der Waals surface area contributed by atoms with E-state index in [1.165, 1.54) is 10.4 Å². The fourth-order valence-corrected chi connectivity index (χ4v) is 3.01. The fourth-order valence-electron chi connectivity index (χ4n) is 1.61.